The van der Waals surface area contributed by atoms with Crippen LogP contribution >= 0.6 is 0 Å². The molecule has 0 heterocycles. The first kappa shape index (κ1) is 21.8. The zero-order valence-corrected chi connectivity index (χ0v) is 17.4. The smallest absolute Gasteiger partial charge is 0.192 e. The minimum absolute atomic E-state index is 0.0177. The Balaban J connectivity index is 5.07. The van der Waals surface area contributed by atoms with E-state index < -0.39 is 14.4 Å². The maximum absolute atomic E-state index is 11.9. The van der Waals surface area contributed by atoms with Crippen LogP contribution in [0.1, 0.15) is 61.8 Å². The summed E-state index contributed by atoms with van der Waals surface area (Å²) in [6, 6.07) is 0. The fourth-order valence-electron chi connectivity index (χ4n) is 2.21. The molecule has 0 aromatic rings. The third-order valence-corrected chi connectivity index (χ3v) is 9.55. The Hall–Kier alpha value is -0.193. The Morgan fingerprint density at radius 3 is 1.86 bits per heavy atom. The maximum atomic E-state index is 11.9. The maximum Gasteiger partial charge on any atom is 0.192 e. The van der Waals surface area contributed by atoms with E-state index in [4.69, 9.17) is 4.43 Å². The van der Waals surface area contributed by atoms with Crippen LogP contribution in [-0.2, 0) is 9.22 Å². The SMILES string of the molecule is CC(C)C(=O)C[C@@H](O)[C@H](C)[C@@H](O[Si](C)(C)C(C)(C)C)C(C)C. The molecule has 0 amide bonds. The molecule has 1 N–H and O–H groups in total. The van der Waals surface area contributed by atoms with Crippen LogP contribution in [0, 0.1) is 17.8 Å². The number of ketones is 1. The predicted octanol–water partition coefficient (Wildman–Crippen LogP) is 4.65. The molecule has 0 rings (SSSR count). The molecule has 0 bridgehead atoms. The molecule has 0 aromatic carbocycles. The monoisotopic (exact) mass is 330 g/mol. The second kappa shape index (κ2) is 8.07. The third-order valence-electron chi connectivity index (χ3n) is 5.07. The van der Waals surface area contributed by atoms with E-state index in [-0.39, 0.29) is 35.2 Å². The van der Waals surface area contributed by atoms with Crippen molar-refractivity contribution >= 4 is 14.1 Å². The minimum Gasteiger partial charge on any atom is -0.413 e. The van der Waals surface area contributed by atoms with Crippen molar-refractivity contribution in [2.75, 3.05) is 0 Å². The summed E-state index contributed by atoms with van der Waals surface area (Å²) < 4.78 is 6.56. The van der Waals surface area contributed by atoms with Crippen molar-refractivity contribution in [3.05, 3.63) is 0 Å². The highest BCUT2D eigenvalue weighted by Gasteiger charge is 2.42. The Morgan fingerprint density at radius 1 is 1.09 bits per heavy atom. The molecule has 3 nitrogen and oxygen atoms in total. The summed E-state index contributed by atoms with van der Waals surface area (Å²) in [4.78, 5) is 11.9. The van der Waals surface area contributed by atoms with Gasteiger partial charge in [-0.25, -0.2) is 0 Å². The van der Waals surface area contributed by atoms with Crippen LogP contribution in [-0.4, -0.2) is 31.4 Å². The summed E-state index contributed by atoms with van der Waals surface area (Å²) in [6.07, 6.45) is -0.425. The second-order valence-electron chi connectivity index (χ2n) is 8.84. The number of carbonyl (C=O) groups is 1. The molecule has 3 atom stereocenters. The van der Waals surface area contributed by atoms with E-state index in [2.05, 4.69) is 47.7 Å². The van der Waals surface area contributed by atoms with E-state index in [9.17, 15) is 9.90 Å². The lowest BCUT2D eigenvalue weighted by atomic mass is 9.87. The number of aliphatic hydroxyl groups excluding tert-OH is 1. The van der Waals surface area contributed by atoms with Gasteiger partial charge in [0.25, 0.3) is 0 Å². The standard InChI is InChI=1S/C18H38O3Si/c1-12(2)15(19)11-16(20)14(5)17(13(3)4)21-22(9,10)18(6,7)8/h12-14,16-17,20H,11H2,1-10H3/t14-,16+,17-/m0/s1. The molecular formula is C18H38O3Si. The molecule has 0 saturated carbocycles. The van der Waals surface area contributed by atoms with Gasteiger partial charge in [-0.05, 0) is 24.1 Å². The highest BCUT2D eigenvalue weighted by atomic mass is 28.4. The van der Waals surface area contributed by atoms with Crippen molar-refractivity contribution in [3.8, 4) is 0 Å². The highest BCUT2D eigenvalue weighted by Crippen LogP contribution is 2.39. The average Bonchev–Trinajstić information content (AvgIpc) is 2.33. The molecule has 0 aromatic heterocycles. The lowest BCUT2D eigenvalue weighted by Gasteiger charge is -2.43. The number of carbonyl (C=O) groups excluding carboxylic acids is 1. The number of Topliss-reactive ketones (excluding diaryl/α,β-unsaturated/α-hetero) is 1. The van der Waals surface area contributed by atoms with Crippen molar-refractivity contribution in [2.24, 2.45) is 17.8 Å². The van der Waals surface area contributed by atoms with Crippen LogP contribution in [0.3, 0.4) is 0 Å². The number of hydrogen-bond donors (Lipinski definition) is 1. The molecule has 0 unspecified atom stereocenters. The Morgan fingerprint density at radius 2 is 1.55 bits per heavy atom. The molecule has 0 saturated heterocycles. The fourth-order valence-corrected chi connectivity index (χ4v) is 3.73. The van der Waals surface area contributed by atoms with Crippen molar-refractivity contribution < 1.29 is 14.3 Å². The lowest BCUT2D eigenvalue weighted by Crippen LogP contribution is -2.49. The largest absolute Gasteiger partial charge is 0.413 e. The van der Waals surface area contributed by atoms with Crippen LogP contribution in [0.5, 0.6) is 0 Å². The van der Waals surface area contributed by atoms with Crippen molar-refractivity contribution in [1.29, 1.82) is 0 Å². The van der Waals surface area contributed by atoms with Gasteiger partial charge in [0.05, 0.1) is 12.2 Å². The first-order valence-electron chi connectivity index (χ1n) is 8.59. The molecule has 0 aliphatic rings. The molecule has 132 valence electrons. The van der Waals surface area contributed by atoms with Gasteiger partial charge < -0.3 is 9.53 Å². The fraction of sp³-hybridized carbons (Fsp3) is 0.944. The van der Waals surface area contributed by atoms with Crippen LogP contribution in [0.4, 0.5) is 0 Å². The normalized spacial score (nSPS) is 17.7. The Labute approximate surface area is 139 Å². The minimum atomic E-state index is -1.90. The second-order valence-corrected chi connectivity index (χ2v) is 13.6. The van der Waals surface area contributed by atoms with E-state index in [0.29, 0.717) is 5.92 Å². The number of hydrogen-bond acceptors (Lipinski definition) is 3. The Kier molecular flexibility index (Phi) is 8.00. The lowest BCUT2D eigenvalue weighted by molar-refractivity contribution is -0.125. The molecular weight excluding hydrogens is 292 g/mol. The van der Waals surface area contributed by atoms with Crippen LogP contribution in [0.2, 0.25) is 18.1 Å². The topological polar surface area (TPSA) is 46.5 Å². The summed E-state index contributed by atoms with van der Waals surface area (Å²) in [5, 5.41) is 10.6. The van der Waals surface area contributed by atoms with Gasteiger partial charge >= 0.3 is 0 Å². The van der Waals surface area contributed by atoms with E-state index in [0.717, 1.165) is 0 Å². The molecule has 0 aliphatic heterocycles. The van der Waals surface area contributed by atoms with Crippen molar-refractivity contribution in [2.45, 2.75) is 92.2 Å². The van der Waals surface area contributed by atoms with Crippen LogP contribution in [0.15, 0.2) is 0 Å². The van der Waals surface area contributed by atoms with Gasteiger partial charge in [0.1, 0.15) is 5.78 Å². The Bertz CT molecular complexity index is 356. The zero-order valence-electron chi connectivity index (χ0n) is 16.4. The molecule has 22 heavy (non-hydrogen) atoms. The zero-order chi connectivity index (χ0) is 17.9. The van der Waals surface area contributed by atoms with Gasteiger partial charge in [0.2, 0.25) is 0 Å². The summed E-state index contributed by atoms with van der Waals surface area (Å²) in [6.45, 7) is 21.2. The average molecular weight is 331 g/mol. The molecule has 0 aliphatic carbocycles. The predicted molar refractivity (Wildman–Crippen MR) is 96.5 cm³/mol. The molecule has 0 radical (unpaired) electrons. The first-order chi connectivity index (χ1) is 9.70. The van der Waals surface area contributed by atoms with Gasteiger partial charge in [-0.1, -0.05) is 55.4 Å². The van der Waals surface area contributed by atoms with E-state index in [1.54, 1.807) is 0 Å². The first-order valence-corrected chi connectivity index (χ1v) is 11.5. The van der Waals surface area contributed by atoms with Gasteiger partial charge in [0, 0.05) is 18.3 Å². The summed E-state index contributed by atoms with van der Waals surface area (Å²) in [5.41, 5.74) is 0. The van der Waals surface area contributed by atoms with Crippen molar-refractivity contribution in [1.82, 2.24) is 0 Å². The van der Waals surface area contributed by atoms with Gasteiger partial charge in [-0.2, -0.15) is 0 Å². The van der Waals surface area contributed by atoms with Crippen molar-refractivity contribution in [3.63, 3.8) is 0 Å². The summed E-state index contributed by atoms with van der Waals surface area (Å²) in [7, 11) is -1.90. The molecule has 4 heteroatoms. The van der Waals surface area contributed by atoms with Gasteiger partial charge in [-0.15, -0.1) is 0 Å². The van der Waals surface area contributed by atoms with Crippen LogP contribution < -0.4 is 0 Å². The van der Waals surface area contributed by atoms with Gasteiger partial charge in [-0.3, -0.25) is 4.79 Å². The molecule has 0 fully saturated rings. The van der Waals surface area contributed by atoms with Gasteiger partial charge in [0.15, 0.2) is 8.32 Å². The van der Waals surface area contributed by atoms with E-state index >= 15 is 0 Å². The van der Waals surface area contributed by atoms with E-state index in [1.807, 2.05) is 20.8 Å². The summed E-state index contributed by atoms with van der Waals surface area (Å²) in [5.74, 6) is 0.361. The number of rotatable bonds is 8. The third kappa shape index (κ3) is 6.13. The quantitative estimate of drug-likeness (QED) is 0.659. The number of aliphatic hydroxyl groups is 1. The molecule has 0 spiro atoms. The van der Waals surface area contributed by atoms with Crippen LogP contribution in [0.25, 0.3) is 0 Å². The van der Waals surface area contributed by atoms with E-state index in [1.165, 1.54) is 0 Å². The summed E-state index contributed by atoms with van der Waals surface area (Å²) >= 11 is 0. The highest BCUT2D eigenvalue weighted by molar-refractivity contribution is 6.74.